The topological polar surface area (TPSA) is 87.3 Å². The van der Waals surface area contributed by atoms with E-state index in [1.54, 1.807) is 31.2 Å². The van der Waals surface area contributed by atoms with E-state index in [-0.39, 0.29) is 29.5 Å². The van der Waals surface area contributed by atoms with Crippen molar-refractivity contribution in [3.8, 4) is 0 Å². The minimum atomic E-state index is -0.632. The van der Waals surface area contributed by atoms with Crippen LogP contribution in [-0.2, 0) is 4.79 Å². The van der Waals surface area contributed by atoms with Gasteiger partial charge in [-0.15, -0.1) is 0 Å². The molecule has 1 aliphatic rings. The molecular weight excluding hydrogens is 397 g/mol. The van der Waals surface area contributed by atoms with Crippen molar-refractivity contribution in [2.24, 2.45) is 5.92 Å². The van der Waals surface area contributed by atoms with E-state index in [1.807, 2.05) is 0 Å². The van der Waals surface area contributed by atoms with Gasteiger partial charge in [0.05, 0.1) is 16.8 Å². The van der Waals surface area contributed by atoms with Gasteiger partial charge in [0.2, 0.25) is 5.91 Å². The molecule has 0 radical (unpaired) electrons. The lowest BCUT2D eigenvalue weighted by Crippen LogP contribution is -2.35. The Labute approximate surface area is 181 Å². The zero-order valence-corrected chi connectivity index (χ0v) is 17.7. The molecule has 6 nitrogen and oxygen atoms in total. The van der Waals surface area contributed by atoms with Crippen LogP contribution in [0.4, 0.5) is 10.1 Å². The standard InChI is InChI=1S/C24H28FN3O3/c1-16-7-6-11-19(22(16)28-24(31)18-10-4-5-12-20(18)25)23(30)27-14-13-26-21(29)15-17-8-2-3-9-17/h4-7,10-12,17H,2-3,8-9,13-15H2,1H3,(H,26,29)(H,27,30)(H,28,31). The number of hydrogen-bond acceptors (Lipinski definition) is 3. The summed E-state index contributed by atoms with van der Waals surface area (Å²) in [7, 11) is 0. The average Bonchev–Trinajstić information content (AvgIpc) is 3.25. The van der Waals surface area contributed by atoms with E-state index in [2.05, 4.69) is 16.0 Å². The molecule has 0 spiro atoms. The SMILES string of the molecule is Cc1cccc(C(=O)NCCNC(=O)CC2CCCC2)c1NC(=O)c1ccccc1F. The summed E-state index contributed by atoms with van der Waals surface area (Å²) >= 11 is 0. The maximum absolute atomic E-state index is 13.9. The van der Waals surface area contributed by atoms with Gasteiger partial charge in [-0.05, 0) is 49.4 Å². The molecule has 0 bridgehead atoms. The third-order valence-electron chi connectivity index (χ3n) is 5.56. The van der Waals surface area contributed by atoms with E-state index < -0.39 is 11.7 Å². The fraction of sp³-hybridized carbons (Fsp3) is 0.375. The highest BCUT2D eigenvalue weighted by Crippen LogP contribution is 2.27. The Morgan fingerprint density at radius 1 is 0.903 bits per heavy atom. The fourth-order valence-corrected chi connectivity index (χ4v) is 3.87. The summed E-state index contributed by atoms with van der Waals surface area (Å²) in [6, 6.07) is 10.7. The molecule has 2 aromatic carbocycles. The zero-order chi connectivity index (χ0) is 22.2. The van der Waals surface area contributed by atoms with Crippen molar-refractivity contribution in [2.45, 2.75) is 39.0 Å². The molecule has 3 rings (SSSR count). The summed E-state index contributed by atoms with van der Waals surface area (Å²) in [4.78, 5) is 37.2. The Hall–Kier alpha value is -3.22. The quantitative estimate of drug-likeness (QED) is 0.562. The number of anilines is 1. The van der Waals surface area contributed by atoms with Crippen LogP contribution in [0, 0.1) is 18.7 Å². The molecule has 31 heavy (non-hydrogen) atoms. The van der Waals surface area contributed by atoms with Gasteiger partial charge in [-0.2, -0.15) is 0 Å². The van der Waals surface area contributed by atoms with Gasteiger partial charge in [0, 0.05) is 19.5 Å². The predicted molar refractivity (Wildman–Crippen MR) is 117 cm³/mol. The maximum Gasteiger partial charge on any atom is 0.258 e. The van der Waals surface area contributed by atoms with E-state index in [0.29, 0.717) is 30.1 Å². The molecule has 3 N–H and O–H groups in total. The molecule has 2 aromatic rings. The Balaban J connectivity index is 1.56. The van der Waals surface area contributed by atoms with E-state index in [4.69, 9.17) is 0 Å². The molecule has 0 heterocycles. The summed E-state index contributed by atoms with van der Waals surface area (Å²) in [5.41, 5.74) is 1.20. The summed E-state index contributed by atoms with van der Waals surface area (Å²) in [5, 5.41) is 8.25. The van der Waals surface area contributed by atoms with E-state index in [1.165, 1.54) is 31.0 Å². The van der Waals surface area contributed by atoms with Gasteiger partial charge < -0.3 is 16.0 Å². The summed E-state index contributed by atoms with van der Waals surface area (Å²) in [6.45, 7) is 2.36. The highest BCUT2D eigenvalue weighted by atomic mass is 19.1. The molecule has 7 heteroatoms. The zero-order valence-electron chi connectivity index (χ0n) is 17.7. The van der Waals surface area contributed by atoms with E-state index in [9.17, 15) is 18.8 Å². The average molecular weight is 426 g/mol. The molecule has 3 amide bonds. The van der Waals surface area contributed by atoms with Gasteiger partial charge in [-0.1, -0.05) is 37.1 Å². The minimum Gasteiger partial charge on any atom is -0.354 e. The monoisotopic (exact) mass is 425 g/mol. The third-order valence-corrected chi connectivity index (χ3v) is 5.56. The first-order valence-electron chi connectivity index (χ1n) is 10.7. The molecule has 164 valence electrons. The molecule has 1 aliphatic carbocycles. The normalized spacial score (nSPS) is 13.6. The minimum absolute atomic E-state index is 0.00884. The highest BCUT2D eigenvalue weighted by molar-refractivity contribution is 6.09. The van der Waals surface area contributed by atoms with Crippen LogP contribution in [-0.4, -0.2) is 30.8 Å². The number of halogens is 1. The van der Waals surface area contributed by atoms with Crippen molar-refractivity contribution >= 4 is 23.4 Å². The van der Waals surface area contributed by atoms with Crippen molar-refractivity contribution in [1.82, 2.24) is 10.6 Å². The van der Waals surface area contributed by atoms with Crippen molar-refractivity contribution in [2.75, 3.05) is 18.4 Å². The summed E-state index contributed by atoms with van der Waals surface area (Å²) in [5.74, 6) is -1.15. The lowest BCUT2D eigenvalue weighted by molar-refractivity contribution is -0.121. The van der Waals surface area contributed by atoms with Crippen molar-refractivity contribution in [3.05, 3.63) is 65.0 Å². The van der Waals surface area contributed by atoms with Gasteiger partial charge in [0.15, 0.2) is 0 Å². The molecule has 0 saturated heterocycles. The summed E-state index contributed by atoms with van der Waals surface area (Å²) in [6.07, 6.45) is 5.15. The molecule has 0 aromatic heterocycles. The van der Waals surface area contributed by atoms with Gasteiger partial charge in [-0.25, -0.2) is 4.39 Å². The second-order valence-corrected chi connectivity index (χ2v) is 7.89. The number of nitrogens with one attached hydrogen (secondary N) is 3. The first-order valence-corrected chi connectivity index (χ1v) is 10.7. The second kappa shape index (κ2) is 10.7. The third kappa shape index (κ3) is 6.13. The molecular formula is C24H28FN3O3. The Morgan fingerprint density at radius 3 is 2.32 bits per heavy atom. The molecule has 1 fully saturated rings. The molecule has 1 saturated carbocycles. The lowest BCUT2D eigenvalue weighted by Gasteiger charge is -2.15. The molecule has 0 atom stereocenters. The highest BCUT2D eigenvalue weighted by Gasteiger charge is 2.19. The number of para-hydroxylation sites is 1. The van der Waals surface area contributed by atoms with Crippen LogP contribution in [0.3, 0.4) is 0 Å². The number of hydrogen-bond donors (Lipinski definition) is 3. The lowest BCUT2D eigenvalue weighted by atomic mass is 10.0. The fourth-order valence-electron chi connectivity index (χ4n) is 3.87. The van der Waals surface area contributed by atoms with Crippen LogP contribution in [0.1, 0.15) is 58.4 Å². The van der Waals surface area contributed by atoms with Crippen LogP contribution in [0.25, 0.3) is 0 Å². The van der Waals surface area contributed by atoms with Crippen molar-refractivity contribution in [1.29, 1.82) is 0 Å². The Morgan fingerprint density at radius 2 is 1.58 bits per heavy atom. The van der Waals surface area contributed by atoms with E-state index >= 15 is 0 Å². The van der Waals surface area contributed by atoms with E-state index in [0.717, 1.165) is 12.8 Å². The first kappa shape index (κ1) is 22.5. The van der Waals surface area contributed by atoms with Crippen LogP contribution in [0.5, 0.6) is 0 Å². The number of amides is 3. The smallest absolute Gasteiger partial charge is 0.258 e. The van der Waals surface area contributed by atoms with Crippen LogP contribution < -0.4 is 16.0 Å². The Bertz CT molecular complexity index is 955. The van der Waals surface area contributed by atoms with Gasteiger partial charge in [-0.3, -0.25) is 14.4 Å². The number of rotatable bonds is 8. The number of carbonyl (C=O) groups is 3. The number of carbonyl (C=O) groups excluding carboxylic acids is 3. The number of benzene rings is 2. The van der Waals surface area contributed by atoms with Crippen molar-refractivity contribution in [3.63, 3.8) is 0 Å². The summed E-state index contributed by atoms with van der Waals surface area (Å²) < 4.78 is 13.9. The van der Waals surface area contributed by atoms with Crippen LogP contribution in [0.15, 0.2) is 42.5 Å². The Kier molecular flexibility index (Phi) is 7.76. The van der Waals surface area contributed by atoms with Gasteiger partial charge in [0.25, 0.3) is 11.8 Å². The maximum atomic E-state index is 13.9. The number of aryl methyl sites for hydroxylation is 1. The molecule has 0 aliphatic heterocycles. The van der Waals surface area contributed by atoms with Crippen LogP contribution >= 0.6 is 0 Å². The van der Waals surface area contributed by atoms with Crippen molar-refractivity contribution < 1.29 is 18.8 Å². The predicted octanol–water partition coefficient (Wildman–Crippen LogP) is 3.81. The van der Waals surface area contributed by atoms with Crippen LogP contribution in [0.2, 0.25) is 0 Å². The second-order valence-electron chi connectivity index (χ2n) is 7.89. The van der Waals surface area contributed by atoms with Gasteiger partial charge in [0.1, 0.15) is 5.82 Å². The largest absolute Gasteiger partial charge is 0.354 e. The van der Waals surface area contributed by atoms with Gasteiger partial charge >= 0.3 is 0 Å². The first-order chi connectivity index (χ1) is 15.0. The molecule has 0 unspecified atom stereocenters.